The summed E-state index contributed by atoms with van der Waals surface area (Å²) in [5, 5.41) is 21.3. The van der Waals surface area contributed by atoms with Crippen LogP contribution in [-0.2, 0) is 4.79 Å². The molecule has 1 aliphatic rings. The Morgan fingerprint density at radius 1 is 1.14 bits per heavy atom. The largest absolute Gasteiger partial charge is 0.493 e. The highest BCUT2D eigenvalue weighted by Gasteiger charge is 2.28. The molecule has 0 spiro atoms. The summed E-state index contributed by atoms with van der Waals surface area (Å²) >= 11 is 11.8. The molecule has 2 heterocycles. The van der Waals surface area contributed by atoms with Crippen molar-refractivity contribution >= 4 is 52.7 Å². The van der Waals surface area contributed by atoms with Gasteiger partial charge in [0.25, 0.3) is 0 Å². The van der Waals surface area contributed by atoms with Crippen molar-refractivity contribution in [1.82, 2.24) is 9.55 Å². The fraction of sp³-hybridized carbons (Fsp3) is 0.0500. The standard InChI is InChI=1S/C20H13Cl2N3O4/c21-12-3-1-10(2-4-12)17(19(27)28)25-18(26)16(24-20(25)29)7-11-9-23-15-8-13(22)5-6-14(11)15/h1-9,17,26H,(H,24,29)(H,27,28)/b11-7+. The number of benzene rings is 2. The fourth-order valence-electron chi connectivity index (χ4n) is 3.18. The van der Waals surface area contributed by atoms with Crippen LogP contribution in [0.5, 0.6) is 5.88 Å². The van der Waals surface area contributed by atoms with Crippen LogP contribution >= 0.6 is 23.2 Å². The molecule has 1 atom stereocenters. The zero-order chi connectivity index (χ0) is 20.7. The van der Waals surface area contributed by atoms with Gasteiger partial charge in [0.05, 0.1) is 5.69 Å². The molecular weight excluding hydrogens is 417 g/mol. The summed E-state index contributed by atoms with van der Waals surface area (Å²) in [5.41, 5.74) is 1.67. The number of carbonyl (C=O) groups is 1. The van der Waals surface area contributed by atoms with Crippen LogP contribution in [0.2, 0.25) is 10.0 Å². The van der Waals surface area contributed by atoms with Gasteiger partial charge in [-0.15, -0.1) is 0 Å². The van der Waals surface area contributed by atoms with Crippen LogP contribution in [0.25, 0.3) is 11.6 Å². The first-order chi connectivity index (χ1) is 13.8. The molecule has 0 aliphatic carbocycles. The van der Waals surface area contributed by atoms with Crippen LogP contribution < -0.4 is 5.69 Å². The lowest BCUT2D eigenvalue weighted by molar-refractivity contribution is -0.139. The molecule has 1 unspecified atom stereocenters. The van der Waals surface area contributed by atoms with Crippen LogP contribution in [0.1, 0.15) is 22.9 Å². The third-order valence-corrected chi connectivity index (χ3v) is 5.01. The van der Waals surface area contributed by atoms with Gasteiger partial charge in [-0.05, 0) is 35.9 Å². The van der Waals surface area contributed by atoms with Crippen molar-refractivity contribution in [2.45, 2.75) is 6.04 Å². The van der Waals surface area contributed by atoms with Gasteiger partial charge in [-0.2, -0.15) is 0 Å². The van der Waals surface area contributed by atoms with E-state index in [4.69, 9.17) is 23.2 Å². The van der Waals surface area contributed by atoms with Crippen molar-refractivity contribution in [1.29, 1.82) is 0 Å². The molecule has 0 saturated heterocycles. The van der Waals surface area contributed by atoms with E-state index in [9.17, 15) is 19.8 Å². The highest BCUT2D eigenvalue weighted by molar-refractivity contribution is 6.31. The van der Waals surface area contributed by atoms with Gasteiger partial charge in [-0.3, -0.25) is 4.99 Å². The molecule has 0 bridgehead atoms. The number of imidazole rings is 1. The van der Waals surface area contributed by atoms with Gasteiger partial charge in [-0.25, -0.2) is 14.2 Å². The number of aromatic amines is 1. The lowest BCUT2D eigenvalue weighted by Crippen LogP contribution is -2.28. The summed E-state index contributed by atoms with van der Waals surface area (Å²) in [6.45, 7) is 0. The number of H-pyrrole nitrogens is 1. The number of carboxylic acids is 1. The Morgan fingerprint density at radius 2 is 1.83 bits per heavy atom. The molecule has 0 fully saturated rings. The monoisotopic (exact) mass is 429 g/mol. The van der Waals surface area contributed by atoms with Crippen molar-refractivity contribution in [2.75, 3.05) is 0 Å². The Bertz CT molecular complexity index is 1240. The summed E-state index contributed by atoms with van der Waals surface area (Å²) in [6.07, 6.45) is 3.10. The van der Waals surface area contributed by atoms with E-state index in [1.807, 2.05) is 0 Å². The molecule has 29 heavy (non-hydrogen) atoms. The van der Waals surface area contributed by atoms with Crippen LogP contribution in [0, 0.1) is 0 Å². The van der Waals surface area contributed by atoms with Gasteiger partial charge in [0.2, 0.25) is 5.88 Å². The van der Waals surface area contributed by atoms with E-state index in [2.05, 4.69) is 9.98 Å². The third kappa shape index (κ3) is 3.46. The Labute approximate surface area is 174 Å². The molecule has 3 aromatic rings. The molecule has 3 N–H and O–H groups in total. The van der Waals surface area contributed by atoms with Gasteiger partial charge in [-0.1, -0.05) is 41.4 Å². The molecule has 2 aromatic carbocycles. The minimum Gasteiger partial charge on any atom is -0.493 e. The van der Waals surface area contributed by atoms with E-state index in [0.29, 0.717) is 26.9 Å². The maximum atomic E-state index is 12.5. The Balaban J connectivity index is 1.80. The van der Waals surface area contributed by atoms with E-state index in [-0.39, 0.29) is 5.69 Å². The molecule has 0 amide bonds. The van der Waals surface area contributed by atoms with Crippen molar-refractivity contribution in [3.8, 4) is 5.88 Å². The molecule has 1 aromatic heterocycles. The van der Waals surface area contributed by atoms with Gasteiger partial charge >= 0.3 is 11.7 Å². The summed E-state index contributed by atoms with van der Waals surface area (Å²) < 4.78 is 0.785. The van der Waals surface area contributed by atoms with E-state index < -0.39 is 23.6 Å². The number of allylic oxidation sites excluding steroid dienone is 1. The predicted molar refractivity (Wildman–Crippen MR) is 111 cm³/mol. The van der Waals surface area contributed by atoms with Gasteiger partial charge in [0.15, 0.2) is 6.04 Å². The highest BCUT2D eigenvalue weighted by atomic mass is 35.5. The van der Waals surface area contributed by atoms with Gasteiger partial charge in [0, 0.05) is 27.4 Å². The second kappa shape index (κ2) is 7.27. The summed E-state index contributed by atoms with van der Waals surface area (Å²) in [6, 6.07) is 9.76. The average molecular weight is 430 g/mol. The van der Waals surface area contributed by atoms with Gasteiger partial charge < -0.3 is 15.2 Å². The maximum absolute atomic E-state index is 12.5. The number of halogens is 2. The van der Waals surface area contributed by atoms with Gasteiger partial charge in [0.1, 0.15) is 5.69 Å². The SMILES string of the molecule is O=C(O)C(c1ccc(Cl)cc1)n1c(O)c(/C=C2\C=Nc3cc(Cl)ccc32)[nH]c1=O. The highest BCUT2D eigenvalue weighted by Crippen LogP contribution is 2.35. The number of aliphatic imine (C=N–C) groups is 1. The van der Waals surface area contributed by atoms with Crippen LogP contribution in [0.4, 0.5) is 5.69 Å². The van der Waals surface area contributed by atoms with Crippen LogP contribution in [0.3, 0.4) is 0 Å². The molecule has 7 nitrogen and oxygen atoms in total. The van der Waals surface area contributed by atoms with E-state index >= 15 is 0 Å². The van der Waals surface area contributed by atoms with E-state index in [0.717, 1.165) is 10.1 Å². The second-order valence-electron chi connectivity index (χ2n) is 6.35. The maximum Gasteiger partial charge on any atom is 0.331 e. The van der Waals surface area contributed by atoms with Crippen molar-refractivity contribution in [2.24, 2.45) is 4.99 Å². The molecule has 0 saturated carbocycles. The number of hydrogen-bond acceptors (Lipinski definition) is 4. The minimum absolute atomic E-state index is 0.0689. The number of carboxylic acid groups (broad SMARTS) is 1. The number of aromatic hydroxyl groups is 1. The molecule has 1 aliphatic heterocycles. The van der Waals surface area contributed by atoms with Crippen molar-refractivity contribution in [3.05, 3.63) is 79.8 Å². The molecule has 146 valence electrons. The topological polar surface area (TPSA) is 108 Å². The number of hydrogen-bond donors (Lipinski definition) is 3. The Hall–Kier alpha value is -3.29. The van der Waals surface area contributed by atoms with E-state index in [1.165, 1.54) is 30.3 Å². The molecule has 4 rings (SSSR count). The van der Waals surface area contributed by atoms with E-state index in [1.54, 1.807) is 24.4 Å². The number of aliphatic carboxylic acids is 1. The van der Waals surface area contributed by atoms with Crippen molar-refractivity contribution in [3.63, 3.8) is 0 Å². The lowest BCUT2D eigenvalue weighted by atomic mass is 10.1. The first-order valence-corrected chi connectivity index (χ1v) is 9.18. The van der Waals surface area contributed by atoms with Crippen LogP contribution in [-0.4, -0.2) is 31.9 Å². The third-order valence-electron chi connectivity index (χ3n) is 4.52. The van der Waals surface area contributed by atoms with Crippen LogP contribution in [0.15, 0.2) is 52.3 Å². The number of rotatable bonds is 4. The number of nitrogens with one attached hydrogen (secondary N) is 1. The number of fused-ring (bicyclic) bond motifs is 1. The second-order valence-corrected chi connectivity index (χ2v) is 7.22. The lowest BCUT2D eigenvalue weighted by Gasteiger charge is -2.14. The number of aromatic nitrogens is 2. The summed E-state index contributed by atoms with van der Waals surface area (Å²) in [4.78, 5) is 31.1. The molecule has 9 heteroatoms. The fourth-order valence-corrected chi connectivity index (χ4v) is 3.47. The zero-order valence-corrected chi connectivity index (χ0v) is 16.1. The molecular formula is C20H13Cl2N3O4. The first-order valence-electron chi connectivity index (χ1n) is 8.42. The predicted octanol–water partition coefficient (Wildman–Crippen LogP) is 4.12. The molecule has 0 radical (unpaired) electrons. The van der Waals surface area contributed by atoms with Crippen molar-refractivity contribution < 1.29 is 15.0 Å². The average Bonchev–Trinajstić information content (AvgIpc) is 3.18. The normalized spacial score (nSPS) is 14.9. The summed E-state index contributed by atoms with van der Waals surface area (Å²) in [5.74, 6) is -1.80. The Morgan fingerprint density at radius 3 is 2.52 bits per heavy atom. The zero-order valence-electron chi connectivity index (χ0n) is 14.6. The quantitative estimate of drug-likeness (QED) is 0.579. The first kappa shape index (κ1) is 19.0. The smallest absolute Gasteiger partial charge is 0.331 e. The Kier molecular flexibility index (Phi) is 4.77. The minimum atomic E-state index is -1.42. The number of nitrogens with zero attached hydrogens (tertiary/aromatic N) is 2. The summed E-state index contributed by atoms with van der Waals surface area (Å²) in [7, 11) is 0.